The fourth-order valence-corrected chi connectivity index (χ4v) is 4.86. The van der Waals surface area contributed by atoms with Crippen LogP contribution in [0.15, 0.2) is 125 Å². The number of carbonyl (C=O) groups excluding carboxylic acids is 1. The molecule has 0 bridgehead atoms. The van der Waals surface area contributed by atoms with Crippen LogP contribution < -0.4 is 0 Å². The van der Waals surface area contributed by atoms with Gasteiger partial charge in [-0.1, -0.05) is 133 Å². The van der Waals surface area contributed by atoms with Crippen molar-refractivity contribution in [3.63, 3.8) is 0 Å². The summed E-state index contributed by atoms with van der Waals surface area (Å²) in [6.45, 7) is 20.8. The zero-order valence-corrected chi connectivity index (χ0v) is 27.4. The SMILES string of the molecule is CC1=C(/C=C/C(C)=C/C=C/C(C)=C/C=C/C=C(C)/C=C/C=C(C)/C=C/c2ccc(C)c(C)c2C)C(C)(C)C[C@H](O)C1=O. The molecule has 2 rings (SSSR count). The van der Waals surface area contributed by atoms with Crippen molar-refractivity contribution < 1.29 is 9.90 Å². The summed E-state index contributed by atoms with van der Waals surface area (Å²) in [5.74, 6) is -0.163. The number of ketones is 1. The smallest absolute Gasteiger partial charge is 0.187 e. The Balaban J connectivity index is 1.92. The molecule has 0 saturated heterocycles. The molecule has 222 valence electrons. The Morgan fingerprint density at radius 1 is 0.714 bits per heavy atom. The second-order valence-corrected chi connectivity index (χ2v) is 12.1. The lowest BCUT2D eigenvalue weighted by Gasteiger charge is -2.34. The van der Waals surface area contributed by atoms with Crippen molar-refractivity contribution in [3.8, 4) is 0 Å². The molecule has 0 heterocycles. The normalized spacial score (nSPS) is 19.7. The number of aryl methyl sites for hydroxylation is 1. The second kappa shape index (κ2) is 16.0. The summed E-state index contributed by atoms with van der Waals surface area (Å²) in [5, 5.41) is 10.0. The van der Waals surface area contributed by atoms with E-state index in [0.717, 1.165) is 16.7 Å². The Bertz CT molecular complexity index is 1450. The number of allylic oxidation sites excluding steroid dienone is 18. The number of rotatable bonds is 10. The molecule has 1 N–H and O–H groups in total. The Morgan fingerprint density at radius 3 is 1.74 bits per heavy atom. The third-order valence-electron chi connectivity index (χ3n) is 7.91. The largest absolute Gasteiger partial charge is 0.385 e. The van der Waals surface area contributed by atoms with Crippen LogP contribution in [0.4, 0.5) is 0 Å². The van der Waals surface area contributed by atoms with Gasteiger partial charge in [0, 0.05) is 0 Å². The zero-order chi connectivity index (χ0) is 31.4. The zero-order valence-electron chi connectivity index (χ0n) is 27.4. The standard InChI is InChI=1S/C40H50O2/c1-28(17-13-19-30(3)21-24-36-25-23-32(5)33(6)34(36)7)15-11-12-16-29(2)18-14-20-31(4)22-26-37-35(8)39(42)38(41)27-40(37,9)10/h11-26,38,41H,27H2,1-10H3/b12-11+,17-13+,18-14+,24-21+,26-22+,28-15+,29-16+,30-19+,31-20+/t38-/m0/s1. The van der Waals surface area contributed by atoms with Crippen molar-refractivity contribution in [2.24, 2.45) is 5.41 Å². The van der Waals surface area contributed by atoms with Gasteiger partial charge in [0.15, 0.2) is 5.78 Å². The molecule has 0 fully saturated rings. The van der Waals surface area contributed by atoms with Gasteiger partial charge in [0.2, 0.25) is 0 Å². The van der Waals surface area contributed by atoms with Gasteiger partial charge in [0.1, 0.15) is 6.10 Å². The van der Waals surface area contributed by atoms with Crippen molar-refractivity contribution in [2.45, 2.75) is 81.8 Å². The maximum atomic E-state index is 12.2. The fourth-order valence-electron chi connectivity index (χ4n) is 4.86. The third-order valence-corrected chi connectivity index (χ3v) is 7.91. The molecule has 0 aromatic heterocycles. The van der Waals surface area contributed by atoms with E-state index in [1.807, 2.05) is 32.1 Å². The van der Waals surface area contributed by atoms with Gasteiger partial charge in [-0.15, -0.1) is 0 Å². The average Bonchev–Trinajstić information content (AvgIpc) is 2.92. The van der Waals surface area contributed by atoms with Crippen LogP contribution in [0.5, 0.6) is 0 Å². The number of carbonyl (C=O) groups is 1. The molecule has 1 atom stereocenters. The molecule has 0 aliphatic heterocycles. The van der Waals surface area contributed by atoms with E-state index < -0.39 is 6.10 Å². The molecule has 42 heavy (non-hydrogen) atoms. The summed E-state index contributed by atoms with van der Waals surface area (Å²) in [6.07, 6.45) is 28.8. The molecule has 0 radical (unpaired) electrons. The Kier molecular flexibility index (Phi) is 13.2. The highest BCUT2D eigenvalue weighted by molar-refractivity contribution is 6.00. The van der Waals surface area contributed by atoms with Crippen molar-refractivity contribution in [3.05, 3.63) is 147 Å². The summed E-state index contributed by atoms with van der Waals surface area (Å²) in [7, 11) is 0. The summed E-state index contributed by atoms with van der Waals surface area (Å²) in [5.41, 5.74) is 11.4. The summed E-state index contributed by atoms with van der Waals surface area (Å²) in [6, 6.07) is 4.37. The van der Waals surface area contributed by atoms with Crippen LogP contribution in [0.1, 0.15) is 77.1 Å². The minimum atomic E-state index is -0.894. The average molecular weight is 563 g/mol. The fraction of sp³-hybridized carbons (Fsp3) is 0.325. The van der Waals surface area contributed by atoms with E-state index in [2.05, 4.69) is 134 Å². The second-order valence-electron chi connectivity index (χ2n) is 12.1. The number of hydrogen-bond acceptors (Lipinski definition) is 2. The maximum absolute atomic E-state index is 12.2. The van der Waals surface area contributed by atoms with E-state index in [4.69, 9.17) is 0 Å². The van der Waals surface area contributed by atoms with Gasteiger partial charge in [-0.3, -0.25) is 4.79 Å². The van der Waals surface area contributed by atoms with E-state index in [0.29, 0.717) is 12.0 Å². The quantitative estimate of drug-likeness (QED) is 0.288. The molecule has 2 nitrogen and oxygen atoms in total. The van der Waals surface area contributed by atoms with Crippen molar-refractivity contribution in [1.29, 1.82) is 0 Å². The predicted molar refractivity (Wildman–Crippen MR) is 183 cm³/mol. The lowest BCUT2D eigenvalue weighted by Crippen LogP contribution is -2.35. The van der Waals surface area contributed by atoms with Crippen molar-refractivity contribution in [2.75, 3.05) is 0 Å². The third kappa shape index (κ3) is 10.6. The Labute approximate surface area is 255 Å². The van der Waals surface area contributed by atoms with Gasteiger partial charge in [-0.25, -0.2) is 0 Å². The number of aliphatic hydroxyl groups is 1. The van der Waals surface area contributed by atoms with Crippen LogP contribution in [0, 0.1) is 26.2 Å². The highest BCUT2D eigenvalue weighted by Crippen LogP contribution is 2.39. The number of hydrogen-bond donors (Lipinski definition) is 1. The van der Waals surface area contributed by atoms with Crippen LogP contribution >= 0.6 is 0 Å². The first-order chi connectivity index (χ1) is 19.7. The molecule has 1 aliphatic carbocycles. The van der Waals surface area contributed by atoms with E-state index in [-0.39, 0.29) is 11.2 Å². The first-order valence-electron chi connectivity index (χ1n) is 14.8. The number of Topliss-reactive ketones (excluding diaryl/α,β-unsaturated/α-hetero) is 1. The molecule has 0 spiro atoms. The molecular weight excluding hydrogens is 512 g/mol. The van der Waals surface area contributed by atoms with Gasteiger partial charge >= 0.3 is 0 Å². The molecule has 1 aliphatic rings. The van der Waals surface area contributed by atoms with Gasteiger partial charge in [-0.2, -0.15) is 0 Å². The first kappa shape index (κ1) is 34.5. The van der Waals surface area contributed by atoms with Gasteiger partial charge < -0.3 is 5.11 Å². The molecular formula is C40H50O2. The van der Waals surface area contributed by atoms with E-state index >= 15 is 0 Å². The number of aliphatic hydroxyl groups excluding tert-OH is 1. The Morgan fingerprint density at radius 2 is 1.19 bits per heavy atom. The highest BCUT2D eigenvalue weighted by atomic mass is 16.3. The monoisotopic (exact) mass is 562 g/mol. The molecule has 0 unspecified atom stereocenters. The summed E-state index contributed by atoms with van der Waals surface area (Å²) in [4.78, 5) is 12.2. The summed E-state index contributed by atoms with van der Waals surface area (Å²) < 4.78 is 0. The molecule has 0 amide bonds. The van der Waals surface area contributed by atoms with Gasteiger partial charge in [0.05, 0.1) is 0 Å². The van der Waals surface area contributed by atoms with Crippen LogP contribution in [0.3, 0.4) is 0 Å². The topological polar surface area (TPSA) is 37.3 Å². The summed E-state index contributed by atoms with van der Waals surface area (Å²) >= 11 is 0. The first-order valence-corrected chi connectivity index (χ1v) is 14.8. The molecule has 1 aromatic rings. The van der Waals surface area contributed by atoms with Gasteiger partial charge in [0.25, 0.3) is 0 Å². The maximum Gasteiger partial charge on any atom is 0.187 e. The Hall–Kier alpha value is -3.75. The van der Waals surface area contributed by atoms with Crippen LogP contribution in [-0.4, -0.2) is 17.0 Å². The van der Waals surface area contributed by atoms with E-state index in [1.165, 1.54) is 33.4 Å². The molecule has 2 heteroatoms. The lowest BCUT2D eigenvalue weighted by molar-refractivity contribution is -0.125. The van der Waals surface area contributed by atoms with E-state index in [9.17, 15) is 9.90 Å². The highest BCUT2D eigenvalue weighted by Gasteiger charge is 2.36. The van der Waals surface area contributed by atoms with E-state index in [1.54, 1.807) is 0 Å². The molecule has 1 aromatic carbocycles. The van der Waals surface area contributed by atoms with Crippen LogP contribution in [0.25, 0.3) is 6.08 Å². The van der Waals surface area contributed by atoms with Crippen LogP contribution in [0.2, 0.25) is 0 Å². The van der Waals surface area contributed by atoms with Crippen molar-refractivity contribution in [1.82, 2.24) is 0 Å². The molecule has 0 saturated carbocycles. The number of benzene rings is 1. The van der Waals surface area contributed by atoms with Crippen LogP contribution in [-0.2, 0) is 4.79 Å². The van der Waals surface area contributed by atoms with Gasteiger partial charge in [-0.05, 0) is 101 Å². The lowest BCUT2D eigenvalue weighted by atomic mass is 9.71. The minimum Gasteiger partial charge on any atom is -0.385 e. The minimum absolute atomic E-state index is 0.163. The van der Waals surface area contributed by atoms with Crippen molar-refractivity contribution >= 4 is 11.9 Å². The predicted octanol–water partition coefficient (Wildman–Crippen LogP) is 10.3.